The van der Waals surface area contributed by atoms with Crippen molar-refractivity contribution in [3.8, 4) is 11.3 Å². The van der Waals surface area contributed by atoms with Gasteiger partial charge in [0, 0.05) is 37.0 Å². The van der Waals surface area contributed by atoms with Gasteiger partial charge in [0.05, 0.1) is 5.69 Å². The highest BCUT2D eigenvalue weighted by Gasteiger charge is 2.18. The molecule has 1 aromatic carbocycles. The molecule has 0 fully saturated rings. The molecule has 2 heterocycles. The minimum absolute atomic E-state index is 0.268. The van der Waals surface area contributed by atoms with Gasteiger partial charge in [0.15, 0.2) is 0 Å². The second-order valence-electron chi connectivity index (χ2n) is 5.66. The van der Waals surface area contributed by atoms with Crippen LogP contribution in [0.3, 0.4) is 0 Å². The second-order valence-corrected chi connectivity index (χ2v) is 5.66. The zero-order chi connectivity index (χ0) is 17.6. The van der Waals surface area contributed by atoms with Crippen LogP contribution in [-0.2, 0) is 17.8 Å². The summed E-state index contributed by atoms with van der Waals surface area (Å²) in [7, 11) is 0. The van der Waals surface area contributed by atoms with Crippen LogP contribution in [0.1, 0.15) is 12.5 Å². The van der Waals surface area contributed by atoms with Crippen LogP contribution in [0.15, 0.2) is 60.9 Å². The minimum atomic E-state index is -1.12. The summed E-state index contributed by atoms with van der Waals surface area (Å²) < 4.78 is 1.70. The Bertz CT molecular complexity index is 831. The maximum atomic E-state index is 12.3. The van der Waals surface area contributed by atoms with E-state index in [0.29, 0.717) is 12.4 Å². The average molecular weight is 336 g/mol. The Labute approximate surface area is 146 Å². The second kappa shape index (κ2) is 7.72. The van der Waals surface area contributed by atoms with E-state index in [4.69, 9.17) is 0 Å². The SMILES string of the molecule is CCn1nc(-c2ccncc2)cc1NC(=O)[C@H](O)Cc1ccccc1. The summed E-state index contributed by atoms with van der Waals surface area (Å²) in [5, 5.41) is 17.4. The first-order valence-electron chi connectivity index (χ1n) is 8.18. The van der Waals surface area contributed by atoms with Crippen molar-refractivity contribution in [3.63, 3.8) is 0 Å². The summed E-state index contributed by atoms with van der Waals surface area (Å²) in [4.78, 5) is 16.3. The van der Waals surface area contributed by atoms with Crippen molar-refractivity contribution in [2.45, 2.75) is 26.0 Å². The van der Waals surface area contributed by atoms with Gasteiger partial charge in [-0.2, -0.15) is 5.10 Å². The first-order valence-corrected chi connectivity index (χ1v) is 8.18. The molecular weight excluding hydrogens is 316 g/mol. The Balaban J connectivity index is 1.73. The van der Waals surface area contributed by atoms with Gasteiger partial charge in [0.2, 0.25) is 0 Å². The molecular formula is C19H20N4O2. The summed E-state index contributed by atoms with van der Waals surface area (Å²) in [5.41, 5.74) is 2.58. The smallest absolute Gasteiger partial charge is 0.254 e. The van der Waals surface area contributed by atoms with Crippen LogP contribution in [-0.4, -0.2) is 31.9 Å². The molecule has 1 amide bonds. The van der Waals surface area contributed by atoms with Gasteiger partial charge in [-0.25, -0.2) is 4.68 Å². The Hall–Kier alpha value is -2.99. The van der Waals surface area contributed by atoms with Gasteiger partial charge >= 0.3 is 0 Å². The van der Waals surface area contributed by atoms with Crippen LogP contribution < -0.4 is 5.32 Å². The first kappa shape index (κ1) is 16.9. The number of nitrogens with one attached hydrogen (secondary N) is 1. The van der Waals surface area contributed by atoms with Gasteiger partial charge in [-0.3, -0.25) is 9.78 Å². The maximum absolute atomic E-state index is 12.3. The van der Waals surface area contributed by atoms with E-state index in [1.807, 2.05) is 49.4 Å². The fourth-order valence-electron chi connectivity index (χ4n) is 2.56. The lowest BCUT2D eigenvalue weighted by Crippen LogP contribution is -2.30. The predicted octanol–water partition coefficient (Wildman–Crippen LogP) is 2.51. The molecule has 0 saturated heterocycles. The number of carbonyl (C=O) groups is 1. The lowest BCUT2D eigenvalue weighted by atomic mass is 10.1. The number of hydrogen-bond donors (Lipinski definition) is 2. The maximum Gasteiger partial charge on any atom is 0.254 e. The predicted molar refractivity (Wildman–Crippen MR) is 95.9 cm³/mol. The molecule has 0 bridgehead atoms. The number of nitrogens with zero attached hydrogens (tertiary/aromatic N) is 3. The number of hydrogen-bond acceptors (Lipinski definition) is 4. The molecule has 6 nitrogen and oxygen atoms in total. The van der Waals surface area contributed by atoms with E-state index in [1.54, 1.807) is 23.1 Å². The Morgan fingerprint density at radius 1 is 1.20 bits per heavy atom. The number of pyridine rings is 1. The minimum Gasteiger partial charge on any atom is -0.383 e. The highest BCUT2D eigenvalue weighted by atomic mass is 16.3. The van der Waals surface area contributed by atoms with Crippen LogP contribution in [0, 0.1) is 0 Å². The number of aryl methyl sites for hydroxylation is 1. The number of rotatable bonds is 6. The van der Waals surface area contributed by atoms with E-state index in [2.05, 4.69) is 15.4 Å². The third-order valence-corrected chi connectivity index (χ3v) is 3.88. The summed E-state index contributed by atoms with van der Waals surface area (Å²) in [6.07, 6.45) is 2.54. The standard InChI is InChI=1S/C19H20N4O2/c1-2-23-18(13-16(22-23)15-8-10-20-11-9-15)21-19(25)17(24)12-14-6-4-3-5-7-14/h3-11,13,17,24H,2,12H2,1H3,(H,21,25)/t17-/m1/s1. The summed E-state index contributed by atoms with van der Waals surface area (Å²) in [6, 6.07) is 14.9. The molecule has 0 spiro atoms. The van der Waals surface area contributed by atoms with Gasteiger partial charge in [-0.05, 0) is 24.6 Å². The van der Waals surface area contributed by atoms with E-state index in [9.17, 15) is 9.90 Å². The summed E-state index contributed by atoms with van der Waals surface area (Å²) in [6.45, 7) is 2.55. The molecule has 2 N–H and O–H groups in total. The van der Waals surface area contributed by atoms with Crippen LogP contribution in [0.4, 0.5) is 5.82 Å². The van der Waals surface area contributed by atoms with Crippen LogP contribution in [0.25, 0.3) is 11.3 Å². The average Bonchev–Trinajstić information content (AvgIpc) is 3.06. The molecule has 128 valence electrons. The number of aliphatic hydroxyl groups excluding tert-OH is 1. The quantitative estimate of drug-likeness (QED) is 0.725. The Morgan fingerprint density at radius 3 is 2.60 bits per heavy atom. The first-order chi connectivity index (χ1) is 12.2. The molecule has 1 atom stereocenters. The van der Waals surface area contributed by atoms with E-state index < -0.39 is 12.0 Å². The largest absolute Gasteiger partial charge is 0.383 e. The van der Waals surface area contributed by atoms with Gasteiger partial charge < -0.3 is 10.4 Å². The molecule has 0 aliphatic carbocycles. The fraction of sp³-hybridized carbons (Fsp3) is 0.211. The number of aromatic nitrogens is 3. The molecule has 3 rings (SSSR count). The van der Waals surface area contributed by atoms with Gasteiger partial charge in [0.25, 0.3) is 5.91 Å². The van der Waals surface area contributed by atoms with Crippen molar-refractivity contribution in [2.75, 3.05) is 5.32 Å². The van der Waals surface area contributed by atoms with Crippen molar-refractivity contribution in [1.82, 2.24) is 14.8 Å². The van der Waals surface area contributed by atoms with Crippen LogP contribution in [0.5, 0.6) is 0 Å². The molecule has 0 saturated carbocycles. The zero-order valence-electron chi connectivity index (χ0n) is 14.0. The van der Waals surface area contributed by atoms with Gasteiger partial charge in [-0.1, -0.05) is 30.3 Å². The van der Waals surface area contributed by atoms with Gasteiger partial charge in [-0.15, -0.1) is 0 Å². The molecule has 3 aromatic rings. The topological polar surface area (TPSA) is 80.0 Å². The van der Waals surface area contributed by atoms with E-state index >= 15 is 0 Å². The zero-order valence-corrected chi connectivity index (χ0v) is 14.0. The van der Waals surface area contributed by atoms with E-state index in [-0.39, 0.29) is 6.42 Å². The monoisotopic (exact) mass is 336 g/mol. The highest BCUT2D eigenvalue weighted by Crippen LogP contribution is 2.21. The Morgan fingerprint density at radius 2 is 1.92 bits per heavy atom. The molecule has 2 aromatic heterocycles. The van der Waals surface area contributed by atoms with Crippen molar-refractivity contribution in [1.29, 1.82) is 0 Å². The number of benzene rings is 1. The van der Waals surface area contributed by atoms with Crippen LogP contribution in [0.2, 0.25) is 0 Å². The molecule has 0 aliphatic rings. The van der Waals surface area contributed by atoms with Crippen molar-refractivity contribution >= 4 is 11.7 Å². The number of anilines is 1. The molecule has 0 aliphatic heterocycles. The third-order valence-electron chi connectivity index (χ3n) is 3.88. The molecule has 0 unspecified atom stereocenters. The lowest BCUT2D eigenvalue weighted by molar-refractivity contribution is -0.124. The van der Waals surface area contributed by atoms with Crippen molar-refractivity contribution < 1.29 is 9.90 Å². The summed E-state index contributed by atoms with van der Waals surface area (Å²) >= 11 is 0. The third kappa shape index (κ3) is 4.10. The molecule has 0 radical (unpaired) electrons. The fourth-order valence-corrected chi connectivity index (χ4v) is 2.56. The number of carbonyl (C=O) groups excluding carboxylic acids is 1. The highest BCUT2D eigenvalue weighted by molar-refractivity contribution is 5.94. The Kier molecular flexibility index (Phi) is 5.20. The van der Waals surface area contributed by atoms with E-state index in [0.717, 1.165) is 16.8 Å². The normalized spacial score (nSPS) is 11.9. The van der Waals surface area contributed by atoms with Crippen molar-refractivity contribution in [3.05, 3.63) is 66.5 Å². The molecule has 25 heavy (non-hydrogen) atoms. The summed E-state index contributed by atoms with van der Waals surface area (Å²) in [5.74, 6) is 0.117. The van der Waals surface area contributed by atoms with Gasteiger partial charge in [0.1, 0.15) is 11.9 Å². The van der Waals surface area contributed by atoms with Crippen molar-refractivity contribution in [2.24, 2.45) is 0 Å². The lowest BCUT2D eigenvalue weighted by Gasteiger charge is -2.12. The van der Waals surface area contributed by atoms with Crippen LogP contribution >= 0.6 is 0 Å². The number of aliphatic hydroxyl groups is 1. The van der Waals surface area contributed by atoms with E-state index in [1.165, 1.54) is 0 Å². The number of amides is 1. The molecule has 6 heteroatoms.